The molecule has 1 fully saturated rings. The van der Waals surface area contributed by atoms with Crippen LogP contribution in [-0.4, -0.2) is 17.8 Å². The minimum Gasteiger partial charge on any atom is -0.489 e. The lowest BCUT2D eigenvalue weighted by molar-refractivity contribution is -0.122. The third-order valence-electron chi connectivity index (χ3n) is 7.73. The van der Waals surface area contributed by atoms with Crippen molar-refractivity contribution in [3.05, 3.63) is 142 Å². The Hall–Kier alpha value is -5.40. The Kier molecular flexibility index (Phi) is 8.36. The van der Waals surface area contributed by atoms with Crippen molar-refractivity contribution in [2.45, 2.75) is 27.1 Å². The van der Waals surface area contributed by atoms with Gasteiger partial charge in [-0.25, -0.2) is 9.69 Å². The summed E-state index contributed by atoms with van der Waals surface area (Å²) in [6.07, 6.45) is 1.50. The predicted octanol–water partition coefficient (Wildman–Crippen LogP) is 7.93. The van der Waals surface area contributed by atoms with Gasteiger partial charge in [-0.15, -0.1) is 0 Å². The van der Waals surface area contributed by atoms with E-state index in [0.29, 0.717) is 28.7 Å². The van der Waals surface area contributed by atoms with Crippen LogP contribution in [0.25, 0.3) is 16.8 Å². The second-order valence-corrected chi connectivity index (χ2v) is 11.1. The maximum atomic E-state index is 13.8. The van der Waals surface area contributed by atoms with Gasteiger partial charge >= 0.3 is 6.03 Å². The third kappa shape index (κ3) is 6.30. The van der Waals surface area contributed by atoms with Crippen LogP contribution in [-0.2, 0) is 22.8 Å². The molecule has 7 nitrogen and oxygen atoms in total. The number of halogens is 1. The molecule has 45 heavy (non-hydrogen) atoms. The second kappa shape index (κ2) is 12.7. The van der Waals surface area contributed by atoms with Crippen molar-refractivity contribution < 1.29 is 23.9 Å². The summed E-state index contributed by atoms with van der Waals surface area (Å²) in [6.45, 7) is 4.65. The van der Waals surface area contributed by atoms with Gasteiger partial charge in [-0.05, 0) is 83.8 Å². The molecule has 0 atom stereocenters. The van der Waals surface area contributed by atoms with E-state index in [0.717, 1.165) is 32.4 Å². The number of nitrogens with zero attached hydrogens (tertiary/aromatic N) is 1. The molecule has 6 rings (SSSR count). The molecule has 0 unspecified atom stereocenters. The van der Waals surface area contributed by atoms with Crippen molar-refractivity contribution >= 4 is 52.0 Å². The summed E-state index contributed by atoms with van der Waals surface area (Å²) in [4.78, 5) is 40.7. The smallest absolute Gasteiger partial charge is 0.335 e. The average Bonchev–Trinajstić information content (AvgIpc) is 3.04. The number of aryl methyl sites for hydroxylation is 2. The van der Waals surface area contributed by atoms with Crippen LogP contribution in [0.5, 0.6) is 11.5 Å². The molecule has 5 aromatic carbocycles. The first-order valence-corrected chi connectivity index (χ1v) is 14.7. The summed E-state index contributed by atoms with van der Waals surface area (Å²) in [6, 6.07) is 30.5. The zero-order valence-corrected chi connectivity index (χ0v) is 25.4. The predicted molar refractivity (Wildman–Crippen MR) is 175 cm³/mol. The number of fused-ring (bicyclic) bond motifs is 1. The Morgan fingerprint density at radius 2 is 1.53 bits per heavy atom. The van der Waals surface area contributed by atoms with Crippen molar-refractivity contribution in [3.8, 4) is 11.5 Å². The normalized spacial score (nSPS) is 14.2. The van der Waals surface area contributed by atoms with Crippen molar-refractivity contribution in [1.29, 1.82) is 0 Å². The van der Waals surface area contributed by atoms with Gasteiger partial charge in [-0.3, -0.25) is 14.9 Å². The Morgan fingerprint density at radius 1 is 0.778 bits per heavy atom. The molecule has 0 saturated carbocycles. The van der Waals surface area contributed by atoms with Crippen LogP contribution >= 0.6 is 11.6 Å². The molecule has 1 heterocycles. The first kappa shape index (κ1) is 29.7. The molecule has 224 valence electrons. The minimum absolute atomic E-state index is 0.193. The highest BCUT2D eigenvalue weighted by atomic mass is 35.5. The van der Waals surface area contributed by atoms with E-state index >= 15 is 0 Å². The highest BCUT2D eigenvalue weighted by Gasteiger charge is 2.37. The third-order valence-corrected chi connectivity index (χ3v) is 8.10. The number of hydrogen-bond acceptors (Lipinski definition) is 5. The molecule has 8 heteroatoms. The molecule has 5 aromatic rings. The fraction of sp³-hybridized carbons (Fsp3) is 0.108. The summed E-state index contributed by atoms with van der Waals surface area (Å²) in [5.41, 5.74) is 4.82. The molecule has 0 aliphatic carbocycles. The molecule has 1 N–H and O–H groups in total. The fourth-order valence-electron chi connectivity index (χ4n) is 5.11. The first-order chi connectivity index (χ1) is 21.8. The number of urea groups is 1. The number of ether oxygens (including phenoxy) is 2. The van der Waals surface area contributed by atoms with E-state index in [1.54, 1.807) is 30.3 Å². The average molecular weight is 617 g/mol. The van der Waals surface area contributed by atoms with Crippen LogP contribution in [0.2, 0.25) is 5.02 Å². The van der Waals surface area contributed by atoms with Crippen molar-refractivity contribution in [1.82, 2.24) is 5.32 Å². The molecule has 1 aliphatic heterocycles. The Balaban J connectivity index is 1.29. The van der Waals surface area contributed by atoms with Crippen LogP contribution in [0, 0.1) is 13.8 Å². The number of nitrogens with one attached hydrogen (secondary N) is 1. The first-order valence-electron chi connectivity index (χ1n) is 14.4. The monoisotopic (exact) mass is 616 g/mol. The van der Waals surface area contributed by atoms with Crippen molar-refractivity contribution in [2.24, 2.45) is 0 Å². The molecular weight excluding hydrogens is 588 g/mol. The van der Waals surface area contributed by atoms with Crippen LogP contribution in [0.3, 0.4) is 0 Å². The van der Waals surface area contributed by atoms with Gasteiger partial charge in [-0.2, -0.15) is 0 Å². The fourth-order valence-corrected chi connectivity index (χ4v) is 5.30. The van der Waals surface area contributed by atoms with E-state index in [1.165, 1.54) is 11.6 Å². The summed E-state index contributed by atoms with van der Waals surface area (Å²) in [5.74, 6) is -0.504. The molecule has 1 aliphatic rings. The Bertz CT molecular complexity index is 1980. The number of amides is 4. The molecule has 1 saturated heterocycles. The summed E-state index contributed by atoms with van der Waals surface area (Å²) in [7, 11) is 0. The molecule has 0 bridgehead atoms. The van der Waals surface area contributed by atoms with Crippen LogP contribution in [0.4, 0.5) is 10.5 Å². The lowest BCUT2D eigenvalue weighted by atomic mass is 9.99. The minimum atomic E-state index is -0.837. The van der Waals surface area contributed by atoms with Crippen LogP contribution < -0.4 is 19.7 Å². The standard InChI is InChI=1S/C37H29ClN2O5/c1-23-11-12-25(19-24(23)2)21-45-34-18-13-26-7-3-5-9-30(26)31(34)20-32-35(41)39-37(43)40(36(32)42)28-14-16-29(17-15-28)44-22-27-8-4-6-10-33(27)38/h3-20H,21-22H2,1-2H3,(H,39,41,43)/b32-20+. The largest absolute Gasteiger partial charge is 0.489 e. The topological polar surface area (TPSA) is 84.9 Å². The van der Waals surface area contributed by atoms with E-state index in [4.69, 9.17) is 21.1 Å². The van der Waals surface area contributed by atoms with E-state index in [9.17, 15) is 14.4 Å². The number of benzene rings is 5. The van der Waals surface area contributed by atoms with Crippen LogP contribution in [0.1, 0.15) is 27.8 Å². The zero-order valence-electron chi connectivity index (χ0n) is 24.7. The molecule has 0 aromatic heterocycles. The molecule has 0 radical (unpaired) electrons. The number of hydrogen-bond donors (Lipinski definition) is 1. The van der Waals surface area contributed by atoms with Gasteiger partial charge in [0.2, 0.25) is 0 Å². The van der Waals surface area contributed by atoms with Gasteiger partial charge < -0.3 is 9.47 Å². The summed E-state index contributed by atoms with van der Waals surface area (Å²) in [5, 5.41) is 4.61. The number of rotatable bonds is 8. The SMILES string of the molecule is Cc1ccc(COc2ccc3ccccc3c2/C=C2\C(=O)NC(=O)N(c3ccc(OCc4ccccc4Cl)cc3)C2=O)cc1C. The lowest BCUT2D eigenvalue weighted by Crippen LogP contribution is -2.54. The number of imide groups is 2. The second-order valence-electron chi connectivity index (χ2n) is 10.7. The van der Waals surface area contributed by atoms with E-state index in [-0.39, 0.29) is 17.9 Å². The van der Waals surface area contributed by atoms with E-state index in [2.05, 4.69) is 18.3 Å². The quantitative estimate of drug-likeness (QED) is 0.141. The highest BCUT2D eigenvalue weighted by Crippen LogP contribution is 2.33. The maximum absolute atomic E-state index is 13.8. The van der Waals surface area contributed by atoms with Gasteiger partial charge in [0, 0.05) is 16.1 Å². The summed E-state index contributed by atoms with van der Waals surface area (Å²) < 4.78 is 12.1. The highest BCUT2D eigenvalue weighted by molar-refractivity contribution is 6.39. The van der Waals surface area contributed by atoms with Crippen molar-refractivity contribution in [2.75, 3.05) is 4.90 Å². The lowest BCUT2D eigenvalue weighted by Gasteiger charge is -2.26. The number of barbiturate groups is 1. The number of carbonyl (C=O) groups is 3. The number of carbonyl (C=O) groups excluding carboxylic acids is 3. The van der Waals surface area contributed by atoms with Crippen molar-refractivity contribution in [3.63, 3.8) is 0 Å². The van der Waals surface area contributed by atoms with E-state index < -0.39 is 17.8 Å². The maximum Gasteiger partial charge on any atom is 0.335 e. The Labute approximate surface area is 265 Å². The van der Waals surface area contributed by atoms with E-state index in [1.807, 2.05) is 73.7 Å². The van der Waals surface area contributed by atoms with Gasteiger partial charge in [0.05, 0.1) is 5.69 Å². The zero-order chi connectivity index (χ0) is 31.5. The van der Waals surface area contributed by atoms with Gasteiger partial charge in [0.1, 0.15) is 30.3 Å². The molecule has 4 amide bonds. The number of anilines is 1. The Morgan fingerprint density at radius 3 is 2.31 bits per heavy atom. The molecule has 0 spiro atoms. The van der Waals surface area contributed by atoms with Gasteiger partial charge in [0.25, 0.3) is 11.8 Å². The van der Waals surface area contributed by atoms with Gasteiger partial charge in [0.15, 0.2) is 0 Å². The summed E-state index contributed by atoms with van der Waals surface area (Å²) >= 11 is 6.22. The van der Waals surface area contributed by atoms with Gasteiger partial charge in [-0.1, -0.05) is 78.3 Å². The van der Waals surface area contributed by atoms with Crippen LogP contribution in [0.15, 0.2) is 109 Å². The molecular formula is C37H29ClN2O5.